The van der Waals surface area contributed by atoms with Crippen LogP contribution in [0, 0.1) is 0 Å². The molecular weight excluding hydrogens is 194 g/mol. The molecule has 1 aromatic carbocycles. The molecule has 0 unspecified atom stereocenters. The van der Waals surface area contributed by atoms with Crippen LogP contribution in [0.5, 0.6) is 5.75 Å². The smallest absolute Gasteiger partial charge is 0.223 e. The molecule has 15 heavy (non-hydrogen) atoms. The van der Waals surface area contributed by atoms with Gasteiger partial charge in [-0.15, -0.1) is 0 Å². The molecule has 0 saturated carbocycles. The zero-order chi connectivity index (χ0) is 11.4. The minimum Gasteiger partial charge on any atom is -0.496 e. The average Bonchev–Trinajstić information content (AvgIpc) is 2.26. The summed E-state index contributed by atoms with van der Waals surface area (Å²) in [6.07, 6.45) is 0.705. The summed E-state index contributed by atoms with van der Waals surface area (Å²) in [5.41, 5.74) is 1.11. The number of aldehydes is 1. The van der Waals surface area contributed by atoms with Gasteiger partial charge in [-0.2, -0.15) is 0 Å². The Morgan fingerprint density at radius 1 is 1.47 bits per heavy atom. The van der Waals surface area contributed by atoms with Crippen molar-refractivity contribution in [2.75, 3.05) is 19.1 Å². The van der Waals surface area contributed by atoms with Gasteiger partial charge in [-0.3, -0.25) is 9.59 Å². The number of hydrogen-bond acceptors (Lipinski definition) is 3. The summed E-state index contributed by atoms with van der Waals surface area (Å²) in [6, 6.07) is 5.01. The minimum atomic E-state index is -0.0861. The molecule has 0 N–H and O–H groups in total. The van der Waals surface area contributed by atoms with Crippen molar-refractivity contribution in [1.82, 2.24) is 0 Å². The molecule has 4 heteroatoms. The first-order chi connectivity index (χ1) is 7.10. The fraction of sp³-hybridized carbons (Fsp3) is 0.273. The predicted octanol–water partition coefficient (Wildman–Crippen LogP) is 1.49. The Kier molecular flexibility index (Phi) is 3.44. The lowest BCUT2D eigenvalue weighted by Gasteiger charge is -2.16. The van der Waals surface area contributed by atoms with Gasteiger partial charge in [0.25, 0.3) is 0 Å². The molecular formula is C11H13NO3. The molecule has 0 fully saturated rings. The quantitative estimate of drug-likeness (QED) is 0.705. The number of anilines is 1. The first kappa shape index (κ1) is 11.2. The van der Waals surface area contributed by atoms with Crippen molar-refractivity contribution in [3.05, 3.63) is 23.8 Å². The van der Waals surface area contributed by atoms with Gasteiger partial charge in [0.2, 0.25) is 5.91 Å². The summed E-state index contributed by atoms with van der Waals surface area (Å²) in [5.74, 6) is 0.419. The monoisotopic (exact) mass is 207 g/mol. The molecule has 0 bridgehead atoms. The summed E-state index contributed by atoms with van der Waals surface area (Å²) in [7, 11) is 3.15. The van der Waals surface area contributed by atoms with Crippen LogP contribution < -0.4 is 9.64 Å². The Balaban J connectivity index is 3.13. The Morgan fingerprint density at radius 2 is 2.13 bits per heavy atom. The molecule has 0 atom stereocenters. The van der Waals surface area contributed by atoms with E-state index < -0.39 is 0 Å². The van der Waals surface area contributed by atoms with Crippen LogP contribution in [0.4, 0.5) is 5.69 Å². The fourth-order valence-electron chi connectivity index (χ4n) is 1.20. The maximum atomic E-state index is 11.1. The molecule has 1 aromatic rings. The number of amides is 1. The lowest BCUT2D eigenvalue weighted by atomic mass is 10.2. The highest BCUT2D eigenvalue weighted by molar-refractivity contribution is 5.92. The van der Waals surface area contributed by atoms with Crippen LogP contribution in [0.2, 0.25) is 0 Å². The van der Waals surface area contributed by atoms with E-state index in [1.54, 1.807) is 25.2 Å². The zero-order valence-corrected chi connectivity index (χ0v) is 8.98. The first-order valence-electron chi connectivity index (χ1n) is 4.47. The Morgan fingerprint density at radius 3 is 2.60 bits per heavy atom. The van der Waals surface area contributed by atoms with E-state index in [0.717, 1.165) is 0 Å². The van der Waals surface area contributed by atoms with Crippen LogP contribution in [-0.2, 0) is 4.79 Å². The Bertz CT molecular complexity index is 387. The van der Waals surface area contributed by atoms with Crippen LogP contribution in [0.3, 0.4) is 0 Å². The van der Waals surface area contributed by atoms with Crippen LogP contribution in [0.25, 0.3) is 0 Å². The standard InChI is InChI=1S/C11H13NO3/c1-8(14)12(2)10-4-5-11(15-3)9(6-10)7-13/h4-7H,1-3H3. The van der Waals surface area contributed by atoms with Crippen molar-refractivity contribution in [1.29, 1.82) is 0 Å². The summed E-state index contributed by atoms with van der Waals surface area (Å²) in [6.45, 7) is 1.46. The second-order valence-corrected chi connectivity index (χ2v) is 3.12. The number of ether oxygens (including phenoxy) is 1. The van der Waals surface area contributed by atoms with Gasteiger partial charge in [-0.05, 0) is 18.2 Å². The third-order valence-electron chi connectivity index (χ3n) is 2.20. The maximum Gasteiger partial charge on any atom is 0.223 e. The van der Waals surface area contributed by atoms with Gasteiger partial charge in [-0.25, -0.2) is 0 Å². The third-order valence-corrected chi connectivity index (χ3v) is 2.20. The summed E-state index contributed by atoms with van der Waals surface area (Å²) in [5, 5.41) is 0. The molecule has 0 heterocycles. The molecule has 1 amide bonds. The van der Waals surface area contributed by atoms with Crippen LogP contribution in [0.1, 0.15) is 17.3 Å². The summed E-state index contributed by atoms with van der Waals surface area (Å²) in [4.78, 5) is 23.3. The van der Waals surface area contributed by atoms with E-state index in [0.29, 0.717) is 23.3 Å². The van der Waals surface area contributed by atoms with E-state index in [-0.39, 0.29) is 5.91 Å². The van der Waals surface area contributed by atoms with E-state index in [1.165, 1.54) is 18.9 Å². The number of benzene rings is 1. The molecule has 4 nitrogen and oxygen atoms in total. The molecule has 0 spiro atoms. The fourth-order valence-corrected chi connectivity index (χ4v) is 1.20. The van der Waals surface area contributed by atoms with Crippen molar-refractivity contribution < 1.29 is 14.3 Å². The largest absolute Gasteiger partial charge is 0.496 e. The molecule has 1 rings (SSSR count). The molecule has 0 aromatic heterocycles. The predicted molar refractivity (Wildman–Crippen MR) is 57.5 cm³/mol. The third kappa shape index (κ3) is 2.34. The highest BCUT2D eigenvalue weighted by Gasteiger charge is 2.08. The number of nitrogens with zero attached hydrogens (tertiary/aromatic N) is 1. The Hall–Kier alpha value is -1.84. The van der Waals surface area contributed by atoms with Gasteiger partial charge in [0.15, 0.2) is 6.29 Å². The second-order valence-electron chi connectivity index (χ2n) is 3.12. The lowest BCUT2D eigenvalue weighted by molar-refractivity contribution is -0.116. The van der Waals surface area contributed by atoms with E-state index in [1.807, 2.05) is 0 Å². The topological polar surface area (TPSA) is 46.6 Å². The Labute approximate surface area is 88.5 Å². The average molecular weight is 207 g/mol. The van der Waals surface area contributed by atoms with E-state index >= 15 is 0 Å². The highest BCUT2D eigenvalue weighted by atomic mass is 16.5. The van der Waals surface area contributed by atoms with Gasteiger partial charge in [0, 0.05) is 19.7 Å². The number of rotatable bonds is 3. The van der Waals surface area contributed by atoms with Gasteiger partial charge in [0.1, 0.15) is 5.75 Å². The van der Waals surface area contributed by atoms with Crippen molar-refractivity contribution in [2.45, 2.75) is 6.92 Å². The first-order valence-corrected chi connectivity index (χ1v) is 4.47. The number of carbonyl (C=O) groups is 2. The SMILES string of the molecule is COc1ccc(N(C)C(C)=O)cc1C=O. The molecule has 0 saturated heterocycles. The van der Waals surface area contributed by atoms with E-state index in [9.17, 15) is 9.59 Å². The molecule has 0 aliphatic carbocycles. The molecule has 0 aliphatic heterocycles. The zero-order valence-electron chi connectivity index (χ0n) is 8.98. The lowest BCUT2D eigenvalue weighted by Crippen LogP contribution is -2.22. The van der Waals surface area contributed by atoms with Gasteiger partial charge in [0.05, 0.1) is 12.7 Å². The van der Waals surface area contributed by atoms with Crippen LogP contribution >= 0.6 is 0 Å². The number of carbonyl (C=O) groups excluding carboxylic acids is 2. The number of methoxy groups -OCH3 is 1. The second kappa shape index (κ2) is 4.59. The van der Waals surface area contributed by atoms with Crippen molar-refractivity contribution in [3.8, 4) is 5.75 Å². The van der Waals surface area contributed by atoms with Crippen molar-refractivity contribution >= 4 is 17.9 Å². The van der Waals surface area contributed by atoms with Crippen molar-refractivity contribution in [3.63, 3.8) is 0 Å². The highest BCUT2D eigenvalue weighted by Crippen LogP contribution is 2.22. The number of hydrogen-bond donors (Lipinski definition) is 0. The van der Waals surface area contributed by atoms with Gasteiger partial charge in [-0.1, -0.05) is 0 Å². The van der Waals surface area contributed by atoms with Gasteiger partial charge < -0.3 is 9.64 Å². The maximum absolute atomic E-state index is 11.1. The summed E-state index contributed by atoms with van der Waals surface area (Å²) < 4.78 is 5.00. The van der Waals surface area contributed by atoms with Crippen molar-refractivity contribution in [2.24, 2.45) is 0 Å². The molecule has 0 radical (unpaired) electrons. The minimum absolute atomic E-state index is 0.0861. The van der Waals surface area contributed by atoms with E-state index in [4.69, 9.17) is 4.74 Å². The summed E-state index contributed by atoms with van der Waals surface area (Å²) >= 11 is 0. The van der Waals surface area contributed by atoms with Crippen LogP contribution in [-0.4, -0.2) is 26.4 Å². The molecule has 80 valence electrons. The van der Waals surface area contributed by atoms with Crippen LogP contribution in [0.15, 0.2) is 18.2 Å². The normalized spacial score (nSPS) is 9.53. The van der Waals surface area contributed by atoms with E-state index in [2.05, 4.69) is 0 Å². The van der Waals surface area contributed by atoms with Gasteiger partial charge >= 0.3 is 0 Å². The molecule has 0 aliphatic rings.